The molecule has 0 aliphatic rings. The summed E-state index contributed by atoms with van der Waals surface area (Å²) in [5, 5.41) is 7.49. The van der Waals surface area contributed by atoms with Crippen LogP contribution in [0.4, 0.5) is 17.1 Å². The summed E-state index contributed by atoms with van der Waals surface area (Å²) >= 11 is 0. The van der Waals surface area contributed by atoms with E-state index in [9.17, 15) is 0 Å². The van der Waals surface area contributed by atoms with Gasteiger partial charge in [0, 0.05) is 66.4 Å². The number of hydrogen-bond acceptors (Lipinski definition) is 1. The Labute approximate surface area is 335 Å². The number of benzene rings is 9. The number of para-hydroxylation sites is 6. The normalized spacial score (nSPS) is 11.8. The molecule has 12 aromatic rings. The molecule has 0 radical (unpaired) electrons. The Morgan fingerprint density at radius 2 is 0.603 bits per heavy atom. The van der Waals surface area contributed by atoms with Crippen molar-refractivity contribution in [1.82, 2.24) is 13.7 Å². The van der Waals surface area contributed by atoms with Crippen molar-refractivity contribution in [1.29, 1.82) is 0 Å². The molecule has 0 aliphatic heterocycles. The van der Waals surface area contributed by atoms with Gasteiger partial charge in [-0.2, -0.15) is 0 Å². The fourth-order valence-electron chi connectivity index (χ4n) is 9.36. The van der Waals surface area contributed by atoms with Crippen molar-refractivity contribution >= 4 is 82.5 Å². The van der Waals surface area contributed by atoms with Gasteiger partial charge in [-0.1, -0.05) is 115 Å². The maximum Gasteiger partial charge on any atom is 0.0641 e. The zero-order valence-corrected chi connectivity index (χ0v) is 31.6. The van der Waals surface area contributed by atoms with Gasteiger partial charge in [0.25, 0.3) is 0 Å². The van der Waals surface area contributed by atoms with Crippen LogP contribution in [0.2, 0.25) is 0 Å². The molecule has 0 spiro atoms. The maximum absolute atomic E-state index is 2.47. The first kappa shape index (κ1) is 32.4. The summed E-state index contributed by atoms with van der Waals surface area (Å²) in [6, 6.07) is 79.0. The number of nitrogens with zero attached hydrogens (tertiary/aromatic N) is 4. The van der Waals surface area contributed by atoms with Gasteiger partial charge in [0.1, 0.15) is 0 Å². The number of aromatic nitrogens is 3. The number of rotatable bonds is 6. The van der Waals surface area contributed by atoms with Gasteiger partial charge in [-0.15, -0.1) is 0 Å². The summed E-state index contributed by atoms with van der Waals surface area (Å²) in [6.45, 7) is 0. The van der Waals surface area contributed by atoms with Gasteiger partial charge in [-0.3, -0.25) is 0 Å². The van der Waals surface area contributed by atoms with Crippen molar-refractivity contribution in [2.75, 3.05) is 4.90 Å². The largest absolute Gasteiger partial charge is 0.311 e. The summed E-state index contributed by atoms with van der Waals surface area (Å²) in [6.07, 6.45) is 0. The minimum absolute atomic E-state index is 1.10. The van der Waals surface area contributed by atoms with Gasteiger partial charge < -0.3 is 18.6 Å². The van der Waals surface area contributed by atoms with E-state index in [1.807, 2.05) is 0 Å². The molecule has 0 fully saturated rings. The van der Waals surface area contributed by atoms with Gasteiger partial charge in [-0.25, -0.2) is 0 Å². The Morgan fingerprint density at radius 1 is 0.241 bits per heavy atom. The van der Waals surface area contributed by atoms with Crippen LogP contribution in [0.3, 0.4) is 0 Å². The highest BCUT2D eigenvalue weighted by molar-refractivity contribution is 6.26. The lowest BCUT2D eigenvalue weighted by molar-refractivity contribution is 1.14. The average molecular weight is 741 g/mol. The third-order valence-corrected chi connectivity index (χ3v) is 11.8. The smallest absolute Gasteiger partial charge is 0.0641 e. The predicted octanol–water partition coefficient (Wildman–Crippen LogP) is 14.4. The Kier molecular flexibility index (Phi) is 7.20. The zero-order chi connectivity index (χ0) is 38.2. The second-order valence-corrected chi connectivity index (χ2v) is 15.0. The topological polar surface area (TPSA) is 18.0 Å². The molecule has 4 nitrogen and oxygen atoms in total. The lowest BCUT2D eigenvalue weighted by Gasteiger charge is -2.25. The van der Waals surface area contributed by atoms with Crippen molar-refractivity contribution in [3.8, 4) is 17.1 Å². The Bertz CT molecular complexity index is 3390. The van der Waals surface area contributed by atoms with Gasteiger partial charge in [0.15, 0.2) is 0 Å². The highest BCUT2D eigenvalue weighted by Gasteiger charge is 2.21. The molecule has 0 atom stereocenters. The molecule has 0 saturated heterocycles. The molecule has 3 heterocycles. The van der Waals surface area contributed by atoms with E-state index in [1.165, 1.54) is 65.4 Å². The molecule has 3 aromatic heterocycles. The molecule has 12 rings (SSSR count). The molecular weight excluding hydrogens is 705 g/mol. The van der Waals surface area contributed by atoms with Crippen LogP contribution >= 0.6 is 0 Å². The van der Waals surface area contributed by atoms with Crippen molar-refractivity contribution in [2.45, 2.75) is 0 Å². The Hall–Kier alpha value is -7.82. The van der Waals surface area contributed by atoms with Gasteiger partial charge in [0.2, 0.25) is 0 Å². The summed E-state index contributed by atoms with van der Waals surface area (Å²) in [5.74, 6) is 0. The summed E-state index contributed by atoms with van der Waals surface area (Å²) in [5.41, 5.74) is 13.9. The SMILES string of the molecule is c1ccc(N(c2ccccc2)c2ccc(-n3c4ccccc4c4ccc5c(c6ccccc6n5-c5ccc(-n6c7ccccc7c7ccccc76)cc5)c43)cc2)cc1. The summed E-state index contributed by atoms with van der Waals surface area (Å²) in [4.78, 5) is 2.31. The number of anilines is 3. The van der Waals surface area contributed by atoms with Crippen LogP contribution in [0.15, 0.2) is 218 Å². The van der Waals surface area contributed by atoms with Crippen LogP contribution in [-0.4, -0.2) is 13.7 Å². The molecule has 272 valence electrons. The molecule has 0 saturated carbocycles. The van der Waals surface area contributed by atoms with E-state index in [4.69, 9.17) is 0 Å². The lowest BCUT2D eigenvalue weighted by Crippen LogP contribution is -2.09. The van der Waals surface area contributed by atoms with Crippen molar-refractivity contribution in [2.24, 2.45) is 0 Å². The van der Waals surface area contributed by atoms with E-state index >= 15 is 0 Å². The van der Waals surface area contributed by atoms with E-state index in [0.29, 0.717) is 0 Å². The van der Waals surface area contributed by atoms with E-state index in [-0.39, 0.29) is 0 Å². The molecule has 0 bridgehead atoms. The fraction of sp³-hybridized carbons (Fsp3) is 0. The average Bonchev–Trinajstić information content (AvgIpc) is 3.94. The van der Waals surface area contributed by atoms with Gasteiger partial charge in [0.05, 0.1) is 33.1 Å². The predicted molar refractivity (Wildman–Crippen MR) is 244 cm³/mol. The molecule has 0 amide bonds. The minimum Gasteiger partial charge on any atom is -0.311 e. The highest BCUT2D eigenvalue weighted by atomic mass is 15.1. The van der Waals surface area contributed by atoms with E-state index in [2.05, 4.69) is 237 Å². The van der Waals surface area contributed by atoms with Crippen molar-refractivity contribution in [3.05, 3.63) is 218 Å². The highest BCUT2D eigenvalue weighted by Crippen LogP contribution is 2.43. The van der Waals surface area contributed by atoms with Crippen LogP contribution in [0, 0.1) is 0 Å². The third kappa shape index (κ3) is 4.82. The first-order valence-electron chi connectivity index (χ1n) is 19.9. The van der Waals surface area contributed by atoms with Crippen LogP contribution in [-0.2, 0) is 0 Å². The second kappa shape index (κ2) is 12.9. The van der Waals surface area contributed by atoms with E-state index in [1.54, 1.807) is 0 Å². The fourth-order valence-corrected chi connectivity index (χ4v) is 9.36. The van der Waals surface area contributed by atoms with Crippen LogP contribution in [0.25, 0.3) is 82.5 Å². The number of fused-ring (bicyclic) bond motifs is 10. The second-order valence-electron chi connectivity index (χ2n) is 15.0. The first-order chi connectivity index (χ1) is 28.8. The van der Waals surface area contributed by atoms with E-state index < -0.39 is 0 Å². The zero-order valence-electron chi connectivity index (χ0n) is 31.6. The summed E-state index contributed by atoms with van der Waals surface area (Å²) < 4.78 is 7.28. The lowest BCUT2D eigenvalue weighted by atomic mass is 10.1. The molecule has 9 aromatic carbocycles. The summed E-state index contributed by atoms with van der Waals surface area (Å²) in [7, 11) is 0. The maximum atomic E-state index is 2.47. The van der Waals surface area contributed by atoms with E-state index in [0.717, 1.165) is 34.1 Å². The molecular formula is C54H36N4. The Balaban J connectivity index is 1.05. The third-order valence-electron chi connectivity index (χ3n) is 11.8. The number of hydrogen-bond donors (Lipinski definition) is 0. The van der Waals surface area contributed by atoms with Gasteiger partial charge >= 0.3 is 0 Å². The monoisotopic (exact) mass is 740 g/mol. The van der Waals surface area contributed by atoms with Crippen LogP contribution < -0.4 is 4.90 Å². The Morgan fingerprint density at radius 3 is 1.14 bits per heavy atom. The van der Waals surface area contributed by atoms with Crippen molar-refractivity contribution < 1.29 is 0 Å². The van der Waals surface area contributed by atoms with Gasteiger partial charge in [-0.05, 0) is 103 Å². The molecule has 0 aliphatic carbocycles. The quantitative estimate of drug-likeness (QED) is 0.166. The molecule has 58 heavy (non-hydrogen) atoms. The van der Waals surface area contributed by atoms with Crippen molar-refractivity contribution in [3.63, 3.8) is 0 Å². The first-order valence-corrected chi connectivity index (χ1v) is 19.9. The molecule has 4 heteroatoms. The molecule has 0 unspecified atom stereocenters. The standard InChI is InChI=1S/C54H36N4/c1-3-15-37(16-4-1)55(38-17-5-2-6-18-38)39-27-33-42(34-28-39)58-50-25-13-9-21-45(50)46-35-36-52-53(54(46)58)47-22-10-14-26-51(47)57(52)41-31-29-40(30-32-41)56-48-23-11-7-19-43(48)44-20-8-12-24-49(44)56/h1-36H. The molecule has 0 N–H and O–H groups in total. The van der Waals surface area contributed by atoms with Crippen LogP contribution in [0.5, 0.6) is 0 Å². The van der Waals surface area contributed by atoms with Crippen LogP contribution in [0.1, 0.15) is 0 Å². The minimum atomic E-state index is 1.10.